The van der Waals surface area contributed by atoms with Crippen molar-refractivity contribution in [2.45, 2.75) is 45.3 Å². The Morgan fingerprint density at radius 1 is 1.15 bits per heavy atom. The second kappa shape index (κ2) is 8.82. The molecule has 3 rings (SSSR count). The Balaban J connectivity index is 1.45. The van der Waals surface area contributed by atoms with Gasteiger partial charge in [0.2, 0.25) is 0 Å². The zero-order valence-electron chi connectivity index (χ0n) is 16.0. The lowest BCUT2D eigenvalue weighted by molar-refractivity contribution is 0.192. The standard InChI is InChI=1S/C20H31FN4O/c1-16(2)25-11-8-19(15-25)22-20(26)24-10-3-9-23(12-13-24)14-17-4-6-18(21)7-5-17/h4-7,16,19H,3,8-15H2,1-2H3,(H,22,26). The molecule has 1 N–H and O–H groups in total. The Bertz CT molecular complexity index is 592. The summed E-state index contributed by atoms with van der Waals surface area (Å²) in [6.07, 6.45) is 2.01. The van der Waals surface area contributed by atoms with Crippen LogP contribution in [0.5, 0.6) is 0 Å². The minimum atomic E-state index is -0.199. The van der Waals surface area contributed by atoms with E-state index in [0.717, 1.165) is 64.2 Å². The molecule has 2 fully saturated rings. The van der Waals surface area contributed by atoms with Crippen molar-refractivity contribution < 1.29 is 9.18 Å². The maximum atomic E-state index is 13.0. The number of carbonyl (C=O) groups is 1. The molecule has 1 aromatic carbocycles. The molecule has 2 aliphatic heterocycles. The predicted molar refractivity (Wildman–Crippen MR) is 102 cm³/mol. The van der Waals surface area contributed by atoms with Crippen LogP contribution >= 0.6 is 0 Å². The van der Waals surface area contributed by atoms with Gasteiger partial charge in [-0.15, -0.1) is 0 Å². The Kier molecular flexibility index (Phi) is 6.48. The highest BCUT2D eigenvalue weighted by Gasteiger charge is 2.27. The topological polar surface area (TPSA) is 38.8 Å². The van der Waals surface area contributed by atoms with Crippen LogP contribution in [-0.2, 0) is 6.54 Å². The molecule has 2 heterocycles. The molecule has 2 saturated heterocycles. The predicted octanol–water partition coefficient (Wildman–Crippen LogP) is 2.53. The second-order valence-corrected chi connectivity index (χ2v) is 7.77. The van der Waals surface area contributed by atoms with Gasteiger partial charge in [-0.25, -0.2) is 9.18 Å². The van der Waals surface area contributed by atoms with E-state index in [9.17, 15) is 9.18 Å². The van der Waals surface area contributed by atoms with Gasteiger partial charge in [-0.05, 0) is 44.4 Å². The first kappa shape index (κ1) is 19.1. The van der Waals surface area contributed by atoms with Crippen LogP contribution in [0, 0.1) is 5.82 Å². The minimum Gasteiger partial charge on any atom is -0.334 e. The third-order valence-corrected chi connectivity index (χ3v) is 5.47. The first-order valence-electron chi connectivity index (χ1n) is 9.77. The van der Waals surface area contributed by atoms with Crippen molar-refractivity contribution in [1.29, 1.82) is 0 Å². The Morgan fingerprint density at radius 3 is 2.62 bits per heavy atom. The molecule has 2 amide bonds. The molecular formula is C20H31FN4O. The molecular weight excluding hydrogens is 331 g/mol. The lowest BCUT2D eigenvalue weighted by Gasteiger charge is -2.25. The van der Waals surface area contributed by atoms with Crippen LogP contribution in [0.25, 0.3) is 0 Å². The van der Waals surface area contributed by atoms with Crippen LogP contribution in [0.3, 0.4) is 0 Å². The van der Waals surface area contributed by atoms with Crippen molar-refractivity contribution in [2.24, 2.45) is 0 Å². The molecule has 0 saturated carbocycles. The van der Waals surface area contributed by atoms with Crippen molar-refractivity contribution in [1.82, 2.24) is 20.0 Å². The van der Waals surface area contributed by atoms with Crippen LogP contribution in [-0.4, -0.2) is 72.1 Å². The minimum absolute atomic E-state index is 0.0734. The maximum Gasteiger partial charge on any atom is 0.317 e. The summed E-state index contributed by atoms with van der Waals surface area (Å²) in [6, 6.07) is 7.57. The number of amides is 2. The molecule has 26 heavy (non-hydrogen) atoms. The van der Waals surface area contributed by atoms with Gasteiger partial charge in [-0.2, -0.15) is 0 Å². The highest BCUT2D eigenvalue weighted by atomic mass is 19.1. The number of hydrogen-bond donors (Lipinski definition) is 1. The second-order valence-electron chi connectivity index (χ2n) is 7.77. The average Bonchev–Trinajstić information content (AvgIpc) is 2.95. The van der Waals surface area contributed by atoms with Crippen molar-refractivity contribution >= 4 is 6.03 Å². The number of halogens is 1. The van der Waals surface area contributed by atoms with Gasteiger partial charge in [0.25, 0.3) is 0 Å². The molecule has 5 nitrogen and oxygen atoms in total. The quantitative estimate of drug-likeness (QED) is 0.895. The van der Waals surface area contributed by atoms with Gasteiger partial charge in [0.15, 0.2) is 0 Å². The maximum absolute atomic E-state index is 13.0. The van der Waals surface area contributed by atoms with Crippen molar-refractivity contribution in [3.05, 3.63) is 35.6 Å². The van der Waals surface area contributed by atoms with E-state index in [0.29, 0.717) is 6.04 Å². The van der Waals surface area contributed by atoms with Gasteiger partial charge >= 0.3 is 6.03 Å². The fraction of sp³-hybridized carbons (Fsp3) is 0.650. The summed E-state index contributed by atoms with van der Waals surface area (Å²) in [5.41, 5.74) is 1.11. The van der Waals surface area contributed by atoms with Gasteiger partial charge in [-0.1, -0.05) is 12.1 Å². The number of carbonyl (C=O) groups excluding carboxylic acids is 1. The first-order valence-corrected chi connectivity index (χ1v) is 9.77. The van der Waals surface area contributed by atoms with Gasteiger partial charge in [0.1, 0.15) is 5.82 Å². The molecule has 0 bridgehead atoms. The lowest BCUT2D eigenvalue weighted by atomic mass is 10.2. The van der Waals surface area contributed by atoms with Crippen LogP contribution in [0.2, 0.25) is 0 Å². The number of likely N-dealkylation sites (tertiary alicyclic amines) is 1. The van der Waals surface area contributed by atoms with E-state index >= 15 is 0 Å². The Morgan fingerprint density at radius 2 is 1.92 bits per heavy atom. The number of rotatable bonds is 4. The summed E-state index contributed by atoms with van der Waals surface area (Å²) in [4.78, 5) is 19.3. The summed E-state index contributed by atoms with van der Waals surface area (Å²) in [5.74, 6) is -0.199. The number of nitrogens with zero attached hydrogens (tertiary/aromatic N) is 3. The molecule has 1 unspecified atom stereocenters. The molecule has 0 radical (unpaired) electrons. The molecule has 1 aromatic rings. The lowest BCUT2D eigenvalue weighted by Crippen LogP contribution is -2.47. The van der Waals surface area contributed by atoms with Crippen LogP contribution in [0.15, 0.2) is 24.3 Å². The van der Waals surface area contributed by atoms with Gasteiger partial charge < -0.3 is 10.2 Å². The van der Waals surface area contributed by atoms with Crippen molar-refractivity contribution in [3.63, 3.8) is 0 Å². The third kappa shape index (κ3) is 5.17. The largest absolute Gasteiger partial charge is 0.334 e. The van der Waals surface area contributed by atoms with Crippen LogP contribution in [0.1, 0.15) is 32.3 Å². The fourth-order valence-electron chi connectivity index (χ4n) is 3.82. The monoisotopic (exact) mass is 362 g/mol. The number of urea groups is 1. The highest BCUT2D eigenvalue weighted by molar-refractivity contribution is 5.74. The zero-order valence-corrected chi connectivity index (χ0v) is 16.0. The first-order chi connectivity index (χ1) is 12.5. The molecule has 1 atom stereocenters. The van der Waals surface area contributed by atoms with Crippen molar-refractivity contribution in [2.75, 3.05) is 39.3 Å². The van der Waals surface area contributed by atoms with Gasteiger partial charge in [0, 0.05) is 57.9 Å². The van der Waals surface area contributed by atoms with Crippen molar-refractivity contribution in [3.8, 4) is 0 Å². The zero-order chi connectivity index (χ0) is 18.5. The molecule has 144 valence electrons. The van der Waals surface area contributed by atoms with E-state index in [1.807, 2.05) is 17.0 Å². The molecule has 6 heteroatoms. The third-order valence-electron chi connectivity index (χ3n) is 5.47. The summed E-state index contributed by atoms with van der Waals surface area (Å²) in [6.45, 7) is 10.6. The number of nitrogens with one attached hydrogen (secondary N) is 1. The van der Waals surface area contributed by atoms with Crippen LogP contribution < -0.4 is 5.32 Å². The summed E-state index contributed by atoms with van der Waals surface area (Å²) in [7, 11) is 0. The van der Waals surface area contributed by atoms with Crippen LogP contribution in [0.4, 0.5) is 9.18 Å². The fourth-order valence-corrected chi connectivity index (χ4v) is 3.82. The molecule has 0 aromatic heterocycles. The van der Waals surface area contributed by atoms with E-state index in [1.165, 1.54) is 12.1 Å². The molecule has 0 spiro atoms. The number of hydrogen-bond acceptors (Lipinski definition) is 3. The smallest absolute Gasteiger partial charge is 0.317 e. The summed E-state index contributed by atoms with van der Waals surface area (Å²) < 4.78 is 13.0. The summed E-state index contributed by atoms with van der Waals surface area (Å²) >= 11 is 0. The van der Waals surface area contributed by atoms with E-state index in [4.69, 9.17) is 0 Å². The normalized spacial score (nSPS) is 22.6. The average molecular weight is 362 g/mol. The number of benzene rings is 1. The Hall–Kier alpha value is -1.66. The Labute approximate surface area is 156 Å². The van der Waals surface area contributed by atoms with E-state index in [1.54, 1.807) is 0 Å². The SMILES string of the molecule is CC(C)N1CCC(NC(=O)N2CCCN(Cc3ccc(F)cc3)CC2)C1. The molecule has 0 aliphatic carbocycles. The van der Waals surface area contributed by atoms with Gasteiger partial charge in [-0.3, -0.25) is 9.80 Å². The summed E-state index contributed by atoms with van der Waals surface area (Å²) in [5, 5.41) is 3.22. The van der Waals surface area contributed by atoms with E-state index in [-0.39, 0.29) is 17.9 Å². The van der Waals surface area contributed by atoms with E-state index in [2.05, 4.69) is 29.0 Å². The molecule has 2 aliphatic rings. The highest BCUT2D eigenvalue weighted by Crippen LogP contribution is 2.14. The van der Waals surface area contributed by atoms with E-state index < -0.39 is 0 Å². The van der Waals surface area contributed by atoms with Gasteiger partial charge in [0.05, 0.1) is 0 Å².